The molecule has 0 radical (unpaired) electrons. The van der Waals surface area contributed by atoms with Crippen molar-refractivity contribution >= 4 is 11.8 Å². The first-order valence-electron chi connectivity index (χ1n) is 6.48. The van der Waals surface area contributed by atoms with Crippen LogP contribution < -0.4 is 5.32 Å². The molecule has 0 aliphatic carbocycles. The lowest BCUT2D eigenvalue weighted by molar-refractivity contribution is -0.149. The molecule has 108 valence electrons. The summed E-state index contributed by atoms with van der Waals surface area (Å²) in [7, 11) is 0. The minimum Gasteiger partial charge on any atom is -0.343 e. The third-order valence-corrected chi connectivity index (χ3v) is 3.51. The van der Waals surface area contributed by atoms with Gasteiger partial charge < -0.3 is 10.2 Å². The number of amides is 2. The first-order chi connectivity index (χ1) is 9.43. The van der Waals surface area contributed by atoms with Gasteiger partial charge >= 0.3 is 0 Å². The van der Waals surface area contributed by atoms with Crippen LogP contribution in [0.5, 0.6) is 0 Å². The molecule has 0 aromatic heterocycles. The van der Waals surface area contributed by atoms with E-state index in [0.717, 1.165) is 12.1 Å². The van der Waals surface area contributed by atoms with E-state index in [9.17, 15) is 18.4 Å². The van der Waals surface area contributed by atoms with E-state index in [1.165, 1.54) is 11.0 Å². The van der Waals surface area contributed by atoms with Crippen LogP contribution in [0.25, 0.3) is 0 Å². The molecule has 0 bridgehead atoms. The van der Waals surface area contributed by atoms with E-state index in [1.54, 1.807) is 13.8 Å². The Hall–Kier alpha value is -1.98. The fourth-order valence-electron chi connectivity index (χ4n) is 2.21. The molecule has 1 N–H and O–H groups in total. The first kappa shape index (κ1) is 14.4. The van der Waals surface area contributed by atoms with Crippen molar-refractivity contribution in [3.63, 3.8) is 0 Å². The lowest BCUT2D eigenvalue weighted by atomic mass is 10.0. The summed E-state index contributed by atoms with van der Waals surface area (Å²) in [5.74, 6) is -1.90. The van der Waals surface area contributed by atoms with Gasteiger partial charge in [0.1, 0.15) is 23.7 Å². The van der Waals surface area contributed by atoms with Gasteiger partial charge in [0, 0.05) is 18.2 Å². The van der Waals surface area contributed by atoms with Crippen molar-refractivity contribution < 1.29 is 18.4 Å². The Labute approximate surface area is 115 Å². The molecule has 1 aliphatic heterocycles. The fraction of sp³-hybridized carbons (Fsp3) is 0.429. The summed E-state index contributed by atoms with van der Waals surface area (Å²) in [5, 5.41) is 2.62. The lowest BCUT2D eigenvalue weighted by Crippen LogP contribution is -2.61. The Bertz CT molecular complexity index is 548. The van der Waals surface area contributed by atoms with Crippen molar-refractivity contribution in [3.05, 3.63) is 35.4 Å². The zero-order valence-corrected chi connectivity index (χ0v) is 11.3. The molecule has 1 saturated heterocycles. The van der Waals surface area contributed by atoms with E-state index in [-0.39, 0.29) is 23.9 Å². The predicted molar refractivity (Wildman–Crippen MR) is 68.6 cm³/mol. The van der Waals surface area contributed by atoms with E-state index in [0.29, 0.717) is 6.42 Å². The van der Waals surface area contributed by atoms with Crippen molar-refractivity contribution in [2.75, 3.05) is 0 Å². The zero-order valence-electron chi connectivity index (χ0n) is 11.3. The van der Waals surface area contributed by atoms with Gasteiger partial charge in [-0.3, -0.25) is 9.59 Å². The number of hydrogen-bond donors (Lipinski definition) is 1. The fourth-order valence-corrected chi connectivity index (χ4v) is 2.21. The number of hydrogen-bond acceptors (Lipinski definition) is 2. The van der Waals surface area contributed by atoms with Gasteiger partial charge in [0.25, 0.3) is 0 Å². The third-order valence-electron chi connectivity index (χ3n) is 3.51. The molecule has 6 heteroatoms. The summed E-state index contributed by atoms with van der Waals surface area (Å²) in [4.78, 5) is 25.3. The van der Waals surface area contributed by atoms with Gasteiger partial charge in [-0.25, -0.2) is 8.78 Å². The van der Waals surface area contributed by atoms with Crippen molar-refractivity contribution in [2.24, 2.45) is 0 Å². The molecule has 2 amide bonds. The number of carbonyl (C=O) groups excluding carboxylic acids is 2. The molecule has 20 heavy (non-hydrogen) atoms. The number of piperazine rings is 1. The van der Waals surface area contributed by atoms with Crippen molar-refractivity contribution in [1.82, 2.24) is 10.2 Å². The number of nitrogens with one attached hydrogen (secondary N) is 1. The van der Waals surface area contributed by atoms with E-state index in [4.69, 9.17) is 0 Å². The van der Waals surface area contributed by atoms with Gasteiger partial charge in [0.2, 0.25) is 11.8 Å². The maximum Gasteiger partial charge on any atom is 0.246 e. The monoisotopic (exact) mass is 282 g/mol. The van der Waals surface area contributed by atoms with Crippen LogP contribution in [0.3, 0.4) is 0 Å². The zero-order chi connectivity index (χ0) is 14.9. The molecule has 0 spiro atoms. The Kier molecular flexibility index (Phi) is 4.01. The molecule has 2 unspecified atom stereocenters. The number of halogens is 2. The molecular weight excluding hydrogens is 266 g/mol. The normalized spacial score (nSPS) is 22.9. The van der Waals surface area contributed by atoms with Crippen molar-refractivity contribution in [2.45, 2.75) is 38.9 Å². The molecule has 1 fully saturated rings. The maximum atomic E-state index is 13.7. The van der Waals surface area contributed by atoms with Gasteiger partial charge in [-0.2, -0.15) is 0 Å². The highest BCUT2D eigenvalue weighted by Crippen LogP contribution is 2.18. The predicted octanol–water partition coefficient (Wildman–Crippen LogP) is 1.59. The minimum atomic E-state index is -0.718. The van der Waals surface area contributed by atoms with Gasteiger partial charge in [-0.1, -0.05) is 13.0 Å². The summed E-state index contributed by atoms with van der Waals surface area (Å²) in [6.45, 7) is 3.33. The van der Waals surface area contributed by atoms with Crippen LogP contribution >= 0.6 is 0 Å². The van der Waals surface area contributed by atoms with E-state index < -0.39 is 23.7 Å². The molecule has 1 aliphatic rings. The number of rotatable bonds is 3. The SMILES string of the molecule is CCC1NC(=O)C(C)N(Cc2ccc(F)cc2F)C1=O. The second-order valence-electron chi connectivity index (χ2n) is 4.85. The highest BCUT2D eigenvalue weighted by Gasteiger charge is 2.37. The second kappa shape index (κ2) is 5.56. The van der Waals surface area contributed by atoms with Crippen LogP contribution in [0, 0.1) is 11.6 Å². The summed E-state index contributed by atoms with van der Waals surface area (Å²) in [6, 6.07) is 1.94. The topological polar surface area (TPSA) is 49.4 Å². The highest BCUT2D eigenvalue weighted by atomic mass is 19.1. The Balaban J connectivity index is 2.25. The van der Waals surface area contributed by atoms with Gasteiger partial charge in [0.05, 0.1) is 0 Å². The smallest absolute Gasteiger partial charge is 0.246 e. The quantitative estimate of drug-likeness (QED) is 0.915. The molecule has 2 rings (SSSR count). The molecule has 1 aromatic carbocycles. The van der Waals surface area contributed by atoms with Gasteiger partial charge in [-0.05, 0) is 19.4 Å². The maximum absolute atomic E-state index is 13.7. The summed E-state index contributed by atoms with van der Waals surface area (Å²) in [6.07, 6.45) is 0.472. The molecule has 1 heterocycles. The van der Waals surface area contributed by atoms with E-state index in [1.807, 2.05) is 0 Å². The summed E-state index contributed by atoms with van der Waals surface area (Å²) >= 11 is 0. The van der Waals surface area contributed by atoms with Gasteiger partial charge in [-0.15, -0.1) is 0 Å². The largest absolute Gasteiger partial charge is 0.343 e. The lowest BCUT2D eigenvalue weighted by Gasteiger charge is -2.37. The van der Waals surface area contributed by atoms with Crippen LogP contribution in [-0.4, -0.2) is 28.8 Å². The summed E-state index contributed by atoms with van der Waals surface area (Å²) < 4.78 is 26.5. The Morgan fingerprint density at radius 2 is 2.00 bits per heavy atom. The van der Waals surface area contributed by atoms with Crippen molar-refractivity contribution in [1.29, 1.82) is 0 Å². The first-order valence-corrected chi connectivity index (χ1v) is 6.48. The standard InChI is InChI=1S/C14H16F2N2O2/c1-3-12-14(20)18(8(2)13(19)17-12)7-9-4-5-10(15)6-11(9)16/h4-6,8,12H,3,7H2,1-2H3,(H,17,19). The minimum absolute atomic E-state index is 0.0456. The van der Waals surface area contributed by atoms with Gasteiger partial charge in [0.15, 0.2) is 0 Å². The van der Waals surface area contributed by atoms with Crippen LogP contribution in [0.1, 0.15) is 25.8 Å². The molecule has 0 saturated carbocycles. The Morgan fingerprint density at radius 1 is 1.30 bits per heavy atom. The van der Waals surface area contributed by atoms with Crippen molar-refractivity contribution in [3.8, 4) is 0 Å². The Morgan fingerprint density at radius 3 is 2.60 bits per heavy atom. The molecule has 1 aromatic rings. The van der Waals surface area contributed by atoms with Crippen LogP contribution in [0.2, 0.25) is 0 Å². The summed E-state index contributed by atoms with van der Waals surface area (Å²) in [5.41, 5.74) is 0.191. The number of nitrogens with zero attached hydrogens (tertiary/aromatic N) is 1. The second-order valence-corrected chi connectivity index (χ2v) is 4.85. The van der Waals surface area contributed by atoms with E-state index in [2.05, 4.69) is 5.32 Å². The van der Waals surface area contributed by atoms with Crippen LogP contribution in [0.4, 0.5) is 8.78 Å². The van der Waals surface area contributed by atoms with Crippen LogP contribution in [0.15, 0.2) is 18.2 Å². The average molecular weight is 282 g/mol. The average Bonchev–Trinajstić information content (AvgIpc) is 2.41. The molecular formula is C14H16F2N2O2. The third kappa shape index (κ3) is 2.64. The molecule has 2 atom stereocenters. The van der Waals surface area contributed by atoms with Crippen LogP contribution in [-0.2, 0) is 16.1 Å². The highest BCUT2D eigenvalue weighted by molar-refractivity contribution is 5.96. The number of carbonyl (C=O) groups is 2. The van der Waals surface area contributed by atoms with E-state index >= 15 is 0 Å². The molecule has 4 nitrogen and oxygen atoms in total. The number of benzene rings is 1.